The van der Waals surface area contributed by atoms with Crippen molar-refractivity contribution in [3.63, 3.8) is 0 Å². The predicted molar refractivity (Wildman–Crippen MR) is 84.4 cm³/mol. The monoisotopic (exact) mass is 312 g/mol. The van der Waals surface area contributed by atoms with Crippen molar-refractivity contribution in [2.45, 2.75) is 38.8 Å². The van der Waals surface area contributed by atoms with Gasteiger partial charge in [0.1, 0.15) is 23.8 Å². The summed E-state index contributed by atoms with van der Waals surface area (Å²) in [4.78, 5) is 8.39. The topological polar surface area (TPSA) is 68.5 Å². The Kier molecular flexibility index (Phi) is 3.61. The Hall–Kier alpha value is -2.57. The van der Waals surface area contributed by atoms with Gasteiger partial charge < -0.3 is 9.88 Å². The molecule has 0 amide bonds. The summed E-state index contributed by atoms with van der Waals surface area (Å²) in [6, 6.07) is 4.50. The number of halogens is 1. The van der Waals surface area contributed by atoms with Crippen LogP contribution in [0.5, 0.6) is 0 Å². The normalized spacial score (nSPS) is 14.5. The maximum atomic E-state index is 13.5. The first-order chi connectivity index (χ1) is 11.3. The molecule has 0 saturated carbocycles. The second-order valence-electron chi connectivity index (χ2n) is 5.73. The summed E-state index contributed by atoms with van der Waals surface area (Å²) >= 11 is 0. The standard InChI is InChI=1S/C16H17FN6/c17-11-5-6-13-12(8-11)16(20-10-19-13)18-9-15-22-21-14-4-2-1-3-7-23(14)15/h5-6,8,10H,1-4,7,9H2,(H,18,19,20). The first-order valence-corrected chi connectivity index (χ1v) is 7.86. The van der Waals surface area contributed by atoms with Crippen LogP contribution in [-0.4, -0.2) is 24.7 Å². The highest BCUT2D eigenvalue weighted by Gasteiger charge is 2.15. The maximum absolute atomic E-state index is 13.5. The minimum absolute atomic E-state index is 0.299. The third-order valence-electron chi connectivity index (χ3n) is 4.20. The van der Waals surface area contributed by atoms with Crippen LogP contribution in [0.4, 0.5) is 10.2 Å². The number of nitrogens with one attached hydrogen (secondary N) is 1. The largest absolute Gasteiger partial charge is 0.362 e. The lowest BCUT2D eigenvalue weighted by Gasteiger charge is -2.10. The van der Waals surface area contributed by atoms with Crippen LogP contribution in [0, 0.1) is 5.82 Å². The number of rotatable bonds is 3. The van der Waals surface area contributed by atoms with Gasteiger partial charge in [0.15, 0.2) is 5.82 Å². The van der Waals surface area contributed by atoms with Gasteiger partial charge in [-0.05, 0) is 31.0 Å². The molecule has 0 unspecified atom stereocenters. The van der Waals surface area contributed by atoms with E-state index in [9.17, 15) is 4.39 Å². The Morgan fingerprint density at radius 2 is 2.09 bits per heavy atom. The Morgan fingerprint density at radius 3 is 3.04 bits per heavy atom. The summed E-state index contributed by atoms with van der Waals surface area (Å²) in [7, 11) is 0. The first-order valence-electron chi connectivity index (χ1n) is 7.86. The fourth-order valence-corrected chi connectivity index (χ4v) is 3.01. The van der Waals surface area contributed by atoms with Gasteiger partial charge in [-0.15, -0.1) is 10.2 Å². The maximum Gasteiger partial charge on any atom is 0.152 e. The van der Waals surface area contributed by atoms with Crippen molar-refractivity contribution in [2.24, 2.45) is 0 Å². The van der Waals surface area contributed by atoms with E-state index in [2.05, 4.69) is 30.0 Å². The molecule has 4 rings (SSSR count). The van der Waals surface area contributed by atoms with E-state index in [4.69, 9.17) is 0 Å². The Morgan fingerprint density at radius 1 is 1.13 bits per heavy atom. The van der Waals surface area contributed by atoms with Crippen LogP contribution in [0.2, 0.25) is 0 Å². The number of benzene rings is 1. The molecule has 0 aliphatic carbocycles. The molecule has 2 aromatic heterocycles. The summed E-state index contributed by atoms with van der Waals surface area (Å²) in [6.07, 6.45) is 6.01. The van der Waals surface area contributed by atoms with Gasteiger partial charge in [-0.1, -0.05) is 6.42 Å². The molecule has 0 spiro atoms. The first kappa shape index (κ1) is 14.0. The zero-order chi connectivity index (χ0) is 15.6. The van der Waals surface area contributed by atoms with Crippen molar-refractivity contribution in [2.75, 3.05) is 5.32 Å². The van der Waals surface area contributed by atoms with E-state index in [1.54, 1.807) is 6.07 Å². The van der Waals surface area contributed by atoms with Crippen molar-refractivity contribution in [1.29, 1.82) is 0 Å². The van der Waals surface area contributed by atoms with Gasteiger partial charge in [-0.25, -0.2) is 14.4 Å². The van der Waals surface area contributed by atoms with Crippen LogP contribution in [0.15, 0.2) is 24.5 Å². The summed E-state index contributed by atoms with van der Waals surface area (Å²) < 4.78 is 15.7. The summed E-state index contributed by atoms with van der Waals surface area (Å²) in [5.74, 6) is 2.26. The van der Waals surface area contributed by atoms with Gasteiger partial charge in [0.25, 0.3) is 0 Å². The highest BCUT2D eigenvalue weighted by atomic mass is 19.1. The van der Waals surface area contributed by atoms with Gasteiger partial charge in [-0.3, -0.25) is 0 Å². The summed E-state index contributed by atoms with van der Waals surface area (Å²) in [5, 5.41) is 12.5. The van der Waals surface area contributed by atoms with Gasteiger partial charge >= 0.3 is 0 Å². The van der Waals surface area contributed by atoms with Crippen LogP contribution >= 0.6 is 0 Å². The molecule has 1 N–H and O–H groups in total. The lowest BCUT2D eigenvalue weighted by Crippen LogP contribution is -2.11. The van der Waals surface area contributed by atoms with E-state index in [1.807, 2.05) is 0 Å². The lowest BCUT2D eigenvalue weighted by molar-refractivity contribution is 0.610. The van der Waals surface area contributed by atoms with Crippen LogP contribution in [0.1, 0.15) is 30.9 Å². The SMILES string of the molecule is Fc1ccc2ncnc(NCc3nnc4n3CCCCC4)c2c1. The van der Waals surface area contributed by atoms with Crippen molar-refractivity contribution < 1.29 is 4.39 Å². The average molecular weight is 312 g/mol. The number of nitrogens with zero attached hydrogens (tertiary/aromatic N) is 5. The smallest absolute Gasteiger partial charge is 0.152 e. The Labute approximate surface area is 132 Å². The second-order valence-corrected chi connectivity index (χ2v) is 5.73. The molecule has 3 heterocycles. The number of hydrogen-bond acceptors (Lipinski definition) is 5. The fourth-order valence-electron chi connectivity index (χ4n) is 3.01. The van der Waals surface area contributed by atoms with E-state index in [1.165, 1.54) is 31.3 Å². The van der Waals surface area contributed by atoms with Gasteiger partial charge in [-0.2, -0.15) is 0 Å². The average Bonchev–Trinajstić information content (AvgIpc) is 2.79. The molecule has 1 aromatic carbocycles. The van der Waals surface area contributed by atoms with Crippen molar-refractivity contribution in [3.05, 3.63) is 42.0 Å². The fraction of sp³-hybridized carbons (Fsp3) is 0.375. The van der Waals surface area contributed by atoms with E-state index >= 15 is 0 Å². The second kappa shape index (κ2) is 5.91. The minimum Gasteiger partial charge on any atom is -0.362 e. The molecule has 23 heavy (non-hydrogen) atoms. The molecule has 0 fully saturated rings. The van der Waals surface area contributed by atoms with Gasteiger partial charge in [0.05, 0.1) is 12.1 Å². The minimum atomic E-state index is -0.299. The number of hydrogen-bond donors (Lipinski definition) is 1. The van der Waals surface area contributed by atoms with Crippen LogP contribution in [0.25, 0.3) is 10.9 Å². The van der Waals surface area contributed by atoms with Crippen LogP contribution < -0.4 is 5.32 Å². The Balaban J connectivity index is 1.60. The predicted octanol–water partition coefficient (Wildman–Crippen LogP) is 2.70. The molecule has 6 nitrogen and oxygen atoms in total. The van der Waals surface area contributed by atoms with Crippen LogP contribution in [0.3, 0.4) is 0 Å². The highest BCUT2D eigenvalue weighted by Crippen LogP contribution is 2.21. The van der Waals surface area contributed by atoms with E-state index in [0.717, 1.165) is 31.0 Å². The number of anilines is 1. The molecule has 3 aromatic rings. The van der Waals surface area contributed by atoms with Gasteiger partial charge in [0.2, 0.25) is 0 Å². The molecular formula is C16H17FN6. The molecular weight excluding hydrogens is 295 g/mol. The summed E-state index contributed by atoms with van der Waals surface area (Å²) in [6.45, 7) is 1.47. The molecule has 0 saturated heterocycles. The quantitative estimate of drug-likeness (QED) is 0.805. The molecule has 7 heteroatoms. The molecule has 1 aliphatic heterocycles. The third kappa shape index (κ3) is 2.74. The van der Waals surface area contributed by atoms with Crippen molar-refractivity contribution in [1.82, 2.24) is 24.7 Å². The van der Waals surface area contributed by atoms with E-state index in [0.29, 0.717) is 23.3 Å². The highest BCUT2D eigenvalue weighted by molar-refractivity contribution is 5.88. The zero-order valence-electron chi connectivity index (χ0n) is 12.7. The van der Waals surface area contributed by atoms with E-state index in [-0.39, 0.29) is 5.82 Å². The van der Waals surface area contributed by atoms with E-state index < -0.39 is 0 Å². The molecule has 0 atom stereocenters. The number of aryl methyl sites for hydroxylation is 1. The Bertz CT molecular complexity index is 844. The van der Waals surface area contributed by atoms with Gasteiger partial charge in [0, 0.05) is 18.4 Å². The summed E-state index contributed by atoms with van der Waals surface area (Å²) in [5.41, 5.74) is 0.712. The lowest BCUT2D eigenvalue weighted by atomic mass is 10.2. The zero-order valence-corrected chi connectivity index (χ0v) is 12.7. The number of aromatic nitrogens is 5. The molecule has 118 valence electrons. The molecule has 0 bridgehead atoms. The molecule has 0 radical (unpaired) electrons. The van der Waals surface area contributed by atoms with Crippen molar-refractivity contribution >= 4 is 16.7 Å². The van der Waals surface area contributed by atoms with Crippen LogP contribution in [-0.2, 0) is 19.5 Å². The third-order valence-corrected chi connectivity index (χ3v) is 4.20. The van der Waals surface area contributed by atoms with Crippen molar-refractivity contribution in [3.8, 4) is 0 Å². The molecule has 1 aliphatic rings. The number of fused-ring (bicyclic) bond motifs is 2.